The van der Waals surface area contributed by atoms with Crippen molar-refractivity contribution < 1.29 is 19.4 Å². The van der Waals surface area contributed by atoms with Crippen LogP contribution in [0.5, 0.6) is 11.5 Å². The van der Waals surface area contributed by atoms with Crippen molar-refractivity contribution in [2.45, 2.75) is 32.1 Å². The van der Waals surface area contributed by atoms with E-state index in [4.69, 9.17) is 9.47 Å². The minimum atomic E-state index is -1.35. The van der Waals surface area contributed by atoms with Crippen molar-refractivity contribution in [1.29, 1.82) is 0 Å². The van der Waals surface area contributed by atoms with Crippen LogP contribution >= 0.6 is 0 Å². The van der Waals surface area contributed by atoms with E-state index in [1.807, 2.05) is 32.0 Å². The van der Waals surface area contributed by atoms with Gasteiger partial charge in [0.15, 0.2) is 12.2 Å². The number of rotatable bonds is 7. The molecule has 0 aliphatic rings. The Bertz CT molecular complexity index is 657. The Morgan fingerprint density at radius 1 is 1.04 bits per heavy atom. The third-order valence-electron chi connectivity index (χ3n) is 3.41. The van der Waals surface area contributed by atoms with E-state index >= 15 is 0 Å². The van der Waals surface area contributed by atoms with Gasteiger partial charge in [-0.3, -0.25) is 4.79 Å². The average Bonchev–Trinajstić information content (AvgIpc) is 2.59. The zero-order valence-electron chi connectivity index (χ0n) is 14.1. The van der Waals surface area contributed by atoms with Gasteiger partial charge in [0.1, 0.15) is 11.5 Å². The molecule has 0 saturated heterocycles. The van der Waals surface area contributed by atoms with Crippen LogP contribution in [0.25, 0.3) is 0 Å². The first-order valence-electron chi connectivity index (χ1n) is 7.85. The van der Waals surface area contributed by atoms with E-state index in [1.54, 1.807) is 43.5 Å². The smallest absolute Gasteiger partial charge is 0.253 e. The number of hydrogen-bond acceptors (Lipinski definition) is 4. The topological polar surface area (TPSA) is 67.8 Å². The maximum Gasteiger partial charge on any atom is 0.253 e. The lowest BCUT2D eigenvalue weighted by atomic mass is 10.0. The molecular formula is C19H23NO4. The van der Waals surface area contributed by atoms with Gasteiger partial charge in [0.2, 0.25) is 0 Å². The molecule has 1 amide bonds. The van der Waals surface area contributed by atoms with E-state index in [1.165, 1.54) is 0 Å². The van der Waals surface area contributed by atoms with E-state index in [0.29, 0.717) is 17.1 Å². The number of benzene rings is 2. The van der Waals surface area contributed by atoms with Gasteiger partial charge in [0, 0.05) is 6.04 Å². The summed E-state index contributed by atoms with van der Waals surface area (Å²) >= 11 is 0. The summed E-state index contributed by atoms with van der Waals surface area (Å²) in [6, 6.07) is 16.1. The van der Waals surface area contributed by atoms with Crippen LogP contribution in [0.4, 0.5) is 0 Å². The summed E-state index contributed by atoms with van der Waals surface area (Å²) in [4.78, 5) is 12.2. The Morgan fingerprint density at radius 2 is 1.71 bits per heavy atom. The van der Waals surface area contributed by atoms with Gasteiger partial charge < -0.3 is 19.9 Å². The first-order chi connectivity index (χ1) is 11.5. The maximum absolute atomic E-state index is 12.2. The van der Waals surface area contributed by atoms with Crippen LogP contribution in [0.1, 0.15) is 25.5 Å². The number of aliphatic hydroxyl groups is 1. The molecule has 2 rings (SSSR count). The summed E-state index contributed by atoms with van der Waals surface area (Å²) in [6.07, 6.45) is -2.19. The quantitative estimate of drug-likeness (QED) is 0.819. The molecule has 0 saturated carbocycles. The van der Waals surface area contributed by atoms with Crippen LogP contribution in [-0.4, -0.2) is 30.3 Å². The highest BCUT2D eigenvalue weighted by Gasteiger charge is 2.30. The normalized spacial score (nSPS) is 13.2. The lowest BCUT2D eigenvalue weighted by Crippen LogP contribution is -2.43. The Kier molecular flexibility index (Phi) is 6.21. The van der Waals surface area contributed by atoms with E-state index in [-0.39, 0.29) is 6.04 Å². The van der Waals surface area contributed by atoms with Crippen LogP contribution in [-0.2, 0) is 4.79 Å². The van der Waals surface area contributed by atoms with Gasteiger partial charge in [-0.1, -0.05) is 30.3 Å². The number of methoxy groups -OCH3 is 1. The van der Waals surface area contributed by atoms with Crippen molar-refractivity contribution in [3.63, 3.8) is 0 Å². The molecule has 0 aliphatic heterocycles. The molecule has 0 aromatic heterocycles. The first-order valence-corrected chi connectivity index (χ1v) is 7.85. The largest absolute Gasteiger partial charge is 0.497 e. The Balaban J connectivity index is 2.31. The summed E-state index contributed by atoms with van der Waals surface area (Å²) in [5, 5.41) is 13.2. The van der Waals surface area contributed by atoms with Crippen LogP contribution in [0.2, 0.25) is 0 Å². The highest BCUT2D eigenvalue weighted by atomic mass is 16.5. The number of carbonyl (C=O) groups excluding carboxylic acids is 1. The number of amides is 1. The Labute approximate surface area is 142 Å². The van der Waals surface area contributed by atoms with Gasteiger partial charge in [0.25, 0.3) is 5.91 Å². The lowest BCUT2D eigenvalue weighted by molar-refractivity contribution is -0.134. The second-order valence-corrected chi connectivity index (χ2v) is 5.74. The van der Waals surface area contributed by atoms with E-state index in [9.17, 15) is 9.90 Å². The lowest BCUT2D eigenvalue weighted by Gasteiger charge is -2.25. The third-order valence-corrected chi connectivity index (χ3v) is 3.41. The summed E-state index contributed by atoms with van der Waals surface area (Å²) < 4.78 is 11.1. The minimum Gasteiger partial charge on any atom is -0.497 e. The van der Waals surface area contributed by atoms with Crippen molar-refractivity contribution in [2.24, 2.45) is 0 Å². The zero-order chi connectivity index (χ0) is 17.5. The second kappa shape index (κ2) is 8.36. The van der Waals surface area contributed by atoms with Crippen LogP contribution < -0.4 is 14.8 Å². The molecule has 0 heterocycles. The molecule has 2 unspecified atom stereocenters. The number of hydrogen-bond donors (Lipinski definition) is 2. The molecule has 0 radical (unpaired) electrons. The van der Waals surface area contributed by atoms with Crippen molar-refractivity contribution in [3.8, 4) is 11.5 Å². The number of para-hydroxylation sites is 1. The fraction of sp³-hybridized carbons (Fsp3) is 0.316. The van der Waals surface area contributed by atoms with Crippen LogP contribution in [0.15, 0.2) is 54.6 Å². The highest BCUT2D eigenvalue weighted by Crippen LogP contribution is 2.27. The highest BCUT2D eigenvalue weighted by molar-refractivity contribution is 5.81. The molecule has 0 spiro atoms. The number of carbonyl (C=O) groups is 1. The van der Waals surface area contributed by atoms with Gasteiger partial charge in [-0.25, -0.2) is 0 Å². The van der Waals surface area contributed by atoms with Gasteiger partial charge >= 0.3 is 0 Å². The average molecular weight is 329 g/mol. The van der Waals surface area contributed by atoms with Gasteiger partial charge in [-0.05, 0) is 43.7 Å². The molecule has 0 aliphatic carbocycles. The van der Waals surface area contributed by atoms with E-state index < -0.39 is 18.1 Å². The molecule has 2 aromatic carbocycles. The molecular weight excluding hydrogens is 306 g/mol. The predicted octanol–water partition coefficient (Wildman–Crippen LogP) is 2.70. The Morgan fingerprint density at radius 3 is 2.33 bits per heavy atom. The van der Waals surface area contributed by atoms with Crippen LogP contribution in [0.3, 0.4) is 0 Å². The molecule has 5 heteroatoms. The summed E-state index contributed by atoms with van der Waals surface area (Å²) in [6.45, 7) is 3.67. The molecule has 5 nitrogen and oxygen atoms in total. The fourth-order valence-corrected chi connectivity index (χ4v) is 2.29. The summed E-state index contributed by atoms with van der Waals surface area (Å²) in [5.74, 6) is 0.723. The SMILES string of the molecule is COc1cccc(C(Oc2ccccc2)C(O)C(=O)NC(C)C)c1. The third kappa shape index (κ3) is 4.73. The zero-order valence-corrected chi connectivity index (χ0v) is 14.1. The second-order valence-electron chi connectivity index (χ2n) is 5.74. The molecule has 0 fully saturated rings. The number of ether oxygens (including phenoxy) is 2. The van der Waals surface area contributed by atoms with E-state index in [2.05, 4.69) is 5.32 Å². The van der Waals surface area contributed by atoms with Gasteiger partial charge in [0.05, 0.1) is 7.11 Å². The van der Waals surface area contributed by atoms with Crippen molar-refractivity contribution in [2.75, 3.05) is 7.11 Å². The number of nitrogens with one attached hydrogen (secondary N) is 1. The minimum absolute atomic E-state index is 0.0742. The van der Waals surface area contributed by atoms with Crippen LogP contribution in [0, 0.1) is 0 Å². The molecule has 2 atom stereocenters. The molecule has 0 bridgehead atoms. The Hall–Kier alpha value is -2.53. The molecule has 2 N–H and O–H groups in total. The predicted molar refractivity (Wildman–Crippen MR) is 92.1 cm³/mol. The molecule has 2 aromatic rings. The summed E-state index contributed by atoms with van der Waals surface area (Å²) in [5.41, 5.74) is 0.657. The number of aliphatic hydroxyl groups excluding tert-OH is 1. The monoisotopic (exact) mass is 329 g/mol. The fourth-order valence-electron chi connectivity index (χ4n) is 2.29. The van der Waals surface area contributed by atoms with E-state index in [0.717, 1.165) is 0 Å². The van der Waals surface area contributed by atoms with Gasteiger partial charge in [-0.2, -0.15) is 0 Å². The standard InChI is InChI=1S/C19H23NO4/c1-13(2)20-19(22)17(21)18(24-15-9-5-4-6-10-15)14-8-7-11-16(12-14)23-3/h4-13,17-18,21H,1-3H3,(H,20,22). The first kappa shape index (κ1) is 17.8. The molecule has 24 heavy (non-hydrogen) atoms. The summed E-state index contributed by atoms with van der Waals surface area (Å²) in [7, 11) is 1.56. The van der Waals surface area contributed by atoms with Crippen molar-refractivity contribution in [3.05, 3.63) is 60.2 Å². The molecule has 128 valence electrons. The van der Waals surface area contributed by atoms with Gasteiger partial charge in [-0.15, -0.1) is 0 Å². The maximum atomic E-state index is 12.2. The van der Waals surface area contributed by atoms with Crippen molar-refractivity contribution in [1.82, 2.24) is 5.32 Å². The van der Waals surface area contributed by atoms with Crippen molar-refractivity contribution >= 4 is 5.91 Å².